The first kappa shape index (κ1) is 19.0. The van der Waals surface area contributed by atoms with E-state index in [1.54, 1.807) is 0 Å². The number of rotatable bonds is 9. The van der Waals surface area contributed by atoms with Crippen molar-refractivity contribution in [2.75, 3.05) is 39.4 Å². The molecule has 0 aromatic heterocycles. The lowest BCUT2D eigenvalue weighted by atomic mass is 9.95. The monoisotopic (exact) mass is 340 g/mol. The lowest BCUT2D eigenvalue weighted by Gasteiger charge is -2.34. The summed E-state index contributed by atoms with van der Waals surface area (Å²) < 4.78 is 5.51. The van der Waals surface area contributed by atoms with Gasteiger partial charge in [-0.15, -0.1) is 0 Å². The topological polar surface area (TPSA) is 100 Å². The van der Waals surface area contributed by atoms with Gasteiger partial charge in [-0.2, -0.15) is 0 Å². The summed E-state index contributed by atoms with van der Waals surface area (Å²) in [6.07, 6.45) is 4.39. The van der Waals surface area contributed by atoms with Crippen LogP contribution in [0.2, 0.25) is 0 Å². The molecular weight excluding hydrogens is 308 g/mol. The highest BCUT2D eigenvalue weighted by Crippen LogP contribution is 2.28. The van der Waals surface area contributed by atoms with Gasteiger partial charge in [-0.3, -0.25) is 9.79 Å². The predicted octanol–water partition coefficient (Wildman–Crippen LogP) is 0.327. The summed E-state index contributed by atoms with van der Waals surface area (Å²) in [5.74, 6) is 1.54. The quantitative estimate of drug-likeness (QED) is 0.415. The van der Waals surface area contributed by atoms with Crippen LogP contribution in [0.1, 0.15) is 39.0 Å². The van der Waals surface area contributed by atoms with Gasteiger partial charge in [0.1, 0.15) is 0 Å². The standard InChI is InChI=1S/C17H32N4O3/c1-2-19-17(20-9-15(22)12-24-11-13-5-6-13)21-7-3-4-14(10-21)8-16(18)23/h13-15,22H,2-12H2,1H3,(H2,18,23)(H,19,20). The number of carbonyl (C=O) groups excluding carboxylic acids is 1. The van der Waals surface area contributed by atoms with Crippen molar-refractivity contribution < 1.29 is 14.6 Å². The molecule has 2 rings (SSSR count). The third-order valence-corrected chi connectivity index (χ3v) is 4.46. The Morgan fingerprint density at radius 1 is 1.42 bits per heavy atom. The zero-order valence-corrected chi connectivity index (χ0v) is 14.7. The van der Waals surface area contributed by atoms with E-state index in [2.05, 4.69) is 15.2 Å². The first-order valence-corrected chi connectivity index (χ1v) is 9.15. The van der Waals surface area contributed by atoms with Crippen LogP contribution in [0.15, 0.2) is 4.99 Å². The number of guanidine groups is 1. The molecule has 2 atom stereocenters. The normalized spacial score (nSPS) is 23.2. The lowest BCUT2D eigenvalue weighted by Crippen LogP contribution is -2.47. The van der Waals surface area contributed by atoms with Crippen molar-refractivity contribution in [1.29, 1.82) is 0 Å². The number of ether oxygens (including phenoxy) is 1. The second-order valence-electron chi connectivity index (χ2n) is 6.95. The fourth-order valence-electron chi connectivity index (χ4n) is 3.03. The number of aliphatic imine (C=N–C) groups is 1. The molecule has 0 aromatic carbocycles. The summed E-state index contributed by atoms with van der Waals surface area (Å²) in [6, 6.07) is 0. The summed E-state index contributed by atoms with van der Waals surface area (Å²) in [5, 5.41) is 13.3. The zero-order chi connectivity index (χ0) is 17.4. The van der Waals surface area contributed by atoms with E-state index in [9.17, 15) is 9.90 Å². The summed E-state index contributed by atoms with van der Waals surface area (Å²) >= 11 is 0. The fraction of sp³-hybridized carbons (Fsp3) is 0.882. The van der Waals surface area contributed by atoms with E-state index in [1.165, 1.54) is 12.8 Å². The Balaban J connectivity index is 1.80. The molecule has 7 heteroatoms. The Hall–Kier alpha value is -1.34. The van der Waals surface area contributed by atoms with Gasteiger partial charge >= 0.3 is 0 Å². The molecule has 0 radical (unpaired) electrons. The largest absolute Gasteiger partial charge is 0.389 e. The summed E-state index contributed by atoms with van der Waals surface area (Å²) in [4.78, 5) is 17.9. The third kappa shape index (κ3) is 7.05. The number of aliphatic hydroxyl groups excluding tert-OH is 1. The molecule has 1 amide bonds. The molecule has 1 saturated carbocycles. The van der Waals surface area contributed by atoms with Gasteiger partial charge in [-0.1, -0.05) is 0 Å². The van der Waals surface area contributed by atoms with Crippen LogP contribution in [0, 0.1) is 11.8 Å². The van der Waals surface area contributed by atoms with Crippen LogP contribution in [0.3, 0.4) is 0 Å². The molecule has 1 heterocycles. The zero-order valence-electron chi connectivity index (χ0n) is 14.7. The van der Waals surface area contributed by atoms with E-state index in [1.807, 2.05) is 6.92 Å². The molecule has 1 aliphatic heterocycles. The van der Waals surface area contributed by atoms with Crippen LogP contribution in [0.25, 0.3) is 0 Å². The van der Waals surface area contributed by atoms with Gasteiger partial charge in [0.2, 0.25) is 5.91 Å². The highest BCUT2D eigenvalue weighted by atomic mass is 16.5. The van der Waals surface area contributed by atoms with E-state index in [4.69, 9.17) is 10.5 Å². The molecule has 2 fully saturated rings. The predicted molar refractivity (Wildman–Crippen MR) is 93.6 cm³/mol. The SMILES string of the molecule is CCNC(=NCC(O)COCC1CC1)N1CCCC(CC(N)=O)C1. The highest BCUT2D eigenvalue weighted by Gasteiger charge is 2.24. The molecule has 2 unspecified atom stereocenters. The number of primary amides is 1. The number of nitrogens with zero attached hydrogens (tertiary/aromatic N) is 2. The van der Waals surface area contributed by atoms with Crippen LogP contribution in [0.5, 0.6) is 0 Å². The van der Waals surface area contributed by atoms with Crippen LogP contribution in [0.4, 0.5) is 0 Å². The maximum Gasteiger partial charge on any atom is 0.217 e. The number of carbonyl (C=O) groups is 1. The fourth-order valence-corrected chi connectivity index (χ4v) is 3.03. The molecular formula is C17H32N4O3. The molecule has 0 spiro atoms. The average Bonchev–Trinajstić information content (AvgIpc) is 3.35. The number of nitrogens with two attached hydrogens (primary N) is 1. The molecule has 0 aromatic rings. The van der Waals surface area contributed by atoms with Crippen molar-refractivity contribution in [2.24, 2.45) is 22.6 Å². The van der Waals surface area contributed by atoms with E-state index >= 15 is 0 Å². The van der Waals surface area contributed by atoms with E-state index in [0.717, 1.165) is 45.0 Å². The van der Waals surface area contributed by atoms with Gasteiger partial charge in [0.15, 0.2) is 5.96 Å². The Labute approximate surface area is 144 Å². The Kier molecular flexibility index (Phi) is 7.78. The van der Waals surface area contributed by atoms with Crippen molar-refractivity contribution in [1.82, 2.24) is 10.2 Å². The second kappa shape index (κ2) is 9.84. The van der Waals surface area contributed by atoms with Gasteiger partial charge in [-0.05, 0) is 44.4 Å². The minimum absolute atomic E-state index is 0.243. The maximum absolute atomic E-state index is 11.1. The van der Waals surface area contributed by atoms with Gasteiger partial charge < -0.3 is 25.8 Å². The third-order valence-electron chi connectivity index (χ3n) is 4.46. The minimum Gasteiger partial charge on any atom is -0.389 e. The number of nitrogens with one attached hydrogen (secondary N) is 1. The van der Waals surface area contributed by atoms with Crippen molar-refractivity contribution in [3.05, 3.63) is 0 Å². The molecule has 1 saturated heterocycles. The highest BCUT2D eigenvalue weighted by molar-refractivity contribution is 5.80. The molecule has 4 N–H and O–H groups in total. The van der Waals surface area contributed by atoms with Gasteiger partial charge in [-0.25, -0.2) is 0 Å². The summed E-state index contributed by atoms with van der Waals surface area (Å²) in [5.41, 5.74) is 5.32. The number of amides is 1. The minimum atomic E-state index is -0.580. The van der Waals surface area contributed by atoms with E-state index in [0.29, 0.717) is 25.5 Å². The van der Waals surface area contributed by atoms with Crippen molar-refractivity contribution in [3.63, 3.8) is 0 Å². The first-order chi connectivity index (χ1) is 11.6. The Morgan fingerprint density at radius 3 is 2.88 bits per heavy atom. The number of piperidine rings is 1. The number of hydrogen-bond donors (Lipinski definition) is 3. The van der Waals surface area contributed by atoms with E-state index in [-0.39, 0.29) is 11.8 Å². The molecule has 7 nitrogen and oxygen atoms in total. The maximum atomic E-state index is 11.1. The van der Waals surface area contributed by atoms with Gasteiger partial charge in [0.05, 0.1) is 19.3 Å². The number of hydrogen-bond acceptors (Lipinski definition) is 4. The van der Waals surface area contributed by atoms with Crippen LogP contribution >= 0.6 is 0 Å². The average molecular weight is 340 g/mol. The Morgan fingerprint density at radius 2 is 2.21 bits per heavy atom. The molecule has 24 heavy (non-hydrogen) atoms. The van der Waals surface area contributed by atoms with Crippen LogP contribution in [-0.2, 0) is 9.53 Å². The molecule has 0 bridgehead atoms. The summed E-state index contributed by atoms with van der Waals surface area (Å²) in [7, 11) is 0. The summed E-state index contributed by atoms with van der Waals surface area (Å²) in [6.45, 7) is 5.90. The molecule has 1 aliphatic carbocycles. The van der Waals surface area contributed by atoms with Crippen LogP contribution in [-0.4, -0.2) is 67.4 Å². The second-order valence-corrected chi connectivity index (χ2v) is 6.95. The number of aliphatic hydroxyl groups is 1. The van der Waals surface area contributed by atoms with Crippen molar-refractivity contribution in [3.8, 4) is 0 Å². The molecule has 2 aliphatic rings. The van der Waals surface area contributed by atoms with Gasteiger partial charge in [0.25, 0.3) is 0 Å². The lowest BCUT2D eigenvalue weighted by molar-refractivity contribution is -0.119. The van der Waals surface area contributed by atoms with Crippen LogP contribution < -0.4 is 11.1 Å². The molecule has 138 valence electrons. The first-order valence-electron chi connectivity index (χ1n) is 9.15. The van der Waals surface area contributed by atoms with E-state index < -0.39 is 6.10 Å². The number of likely N-dealkylation sites (tertiary alicyclic amines) is 1. The smallest absolute Gasteiger partial charge is 0.217 e. The Bertz CT molecular complexity index is 426. The van der Waals surface area contributed by atoms with Gasteiger partial charge in [0, 0.05) is 32.7 Å². The van der Waals surface area contributed by atoms with Crippen molar-refractivity contribution >= 4 is 11.9 Å². The van der Waals surface area contributed by atoms with Crippen molar-refractivity contribution in [2.45, 2.75) is 45.1 Å².